The summed E-state index contributed by atoms with van der Waals surface area (Å²) in [4.78, 5) is 25.1. The molecule has 1 amide bonds. The van der Waals surface area contributed by atoms with E-state index in [-0.39, 0.29) is 17.9 Å². The lowest BCUT2D eigenvalue weighted by Gasteiger charge is -2.32. The lowest BCUT2D eigenvalue weighted by molar-refractivity contribution is -0.126. The van der Waals surface area contributed by atoms with Crippen molar-refractivity contribution in [2.45, 2.75) is 48.6 Å². The van der Waals surface area contributed by atoms with Crippen LogP contribution in [0.2, 0.25) is 0 Å². The molecule has 2 aliphatic heterocycles. The van der Waals surface area contributed by atoms with Gasteiger partial charge in [0.05, 0.1) is 6.10 Å². The number of rotatable bonds is 6. The average Bonchev–Trinajstić information content (AvgIpc) is 3.28. The molecule has 2 saturated heterocycles. The van der Waals surface area contributed by atoms with Gasteiger partial charge >= 0.3 is 0 Å². The highest BCUT2D eigenvalue weighted by Crippen LogP contribution is 2.34. The molecular weight excluding hydrogens is 384 g/mol. The van der Waals surface area contributed by atoms with Crippen LogP contribution in [0.5, 0.6) is 0 Å². The van der Waals surface area contributed by atoms with Gasteiger partial charge in [0.1, 0.15) is 5.03 Å². The Morgan fingerprint density at radius 3 is 2.66 bits per heavy atom. The van der Waals surface area contributed by atoms with E-state index in [1.165, 1.54) is 5.56 Å². The van der Waals surface area contributed by atoms with Gasteiger partial charge in [-0.2, -0.15) is 0 Å². The van der Waals surface area contributed by atoms with E-state index in [9.17, 15) is 4.79 Å². The highest BCUT2D eigenvalue weighted by molar-refractivity contribution is 7.99. The Morgan fingerprint density at radius 2 is 1.93 bits per heavy atom. The number of hydrogen-bond donors (Lipinski definition) is 1. The minimum absolute atomic E-state index is 0.0672. The van der Waals surface area contributed by atoms with Gasteiger partial charge in [-0.05, 0) is 44.7 Å². The lowest BCUT2D eigenvalue weighted by Crippen LogP contribution is -2.42. The van der Waals surface area contributed by atoms with Crippen molar-refractivity contribution >= 4 is 23.5 Å². The summed E-state index contributed by atoms with van der Waals surface area (Å²) >= 11 is 1.64. The van der Waals surface area contributed by atoms with Crippen molar-refractivity contribution in [1.82, 2.24) is 15.3 Å². The SMILES string of the molecule is Cc1ccc(Sc2nccnc2N2CCC(C(=O)NCC3CCCO3)CC2)cc1. The highest BCUT2D eigenvalue weighted by Gasteiger charge is 2.28. The predicted molar refractivity (Wildman–Crippen MR) is 114 cm³/mol. The fourth-order valence-electron chi connectivity index (χ4n) is 3.84. The molecule has 4 rings (SSSR count). The van der Waals surface area contributed by atoms with Crippen molar-refractivity contribution in [2.24, 2.45) is 5.92 Å². The maximum atomic E-state index is 12.5. The van der Waals surface area contributed by atoms with Crippen molar-refractivity contribution in [2.75, 3.05) is 31.1 Å². The average molecular weight is 413 g/mol. The normalized spacial score (nSPS) is 20.0. The van der Waals surface area contributed by atoms with Crippen LogP contribution in [-0.4, -0.2) is 48.2 Å². The number of benzene rings is 1. The fourth-order valence-corrected chi connectivity index (χ4v) is 4.72. The van der Waals surface area contributed by atoms with E-state index >= 15 is 0 Å². The molecule has 7 heteroatoms. The van der Waals surface area contributed by atoms with Gasteiger partial charge in [-0.3, -0.25) is 4.79 Å². The Morgan fingerprint density at radius 1 is 1.17 bits per heavy atom. The third-order valence-electron chi connectivity index (χ3n) is 5.58. The van der Waals surface area contributed by atoms with Crippen LogP contribution in [0.4, 0.5) is 5.82 Å². The van der Waals surface area contributed by atoms with Crippen LogP contribution in [0.15, 0.2) is 46.6 Å². The number of amides is 1. The second-order valence-electron chi connectivity index (χ2n) is 7.74. The summed E-state index contributed by atoms with van der Waals surface area (Å²) in [7, 11) is 0. The second-order valence-corrected chi connectivity index (χ2v) is 8.80. The largest absolute Gasteiger partial charge is 0.376 e. The number of anilines is 1. The summed E-state index contributed by atoms with van der Waals surface area (Å²) in [5.74, 6) is 1.14. The van der Waals surface area contributed by atoms with E-state index in [4.69, 9.17) is 4.74 Å². The molecule has 1 aromatic carbocycles. The molecule has 0 spiro atoms. The summed E-state index contributed by atoms with van der Waals surface area (Å²) in [5, 5.41) is 4.00. The summed E-state index contributed by atoms with van der Waals surface area (Å²) in [6.45, 7) is 5.18. The quantitative estimate of drug-likeness (QED) is 0.784. The first-order chi connectivity index (χ1) is 14.2. The monoisotopic (exact) mass is 412 g/mol. The molecule has 0 radical (unpaired) electrons. The van der Waals surface area contributed by atoms with Crippen molar-refractivity contribution in [1.29, 1.82) is 0 Å². The Balaban J connectivity index is 1.33. The molecule has 1 aromatic heterocycles. The van der Waals surface area contributed by atoms with Gasteiger partial charge in [-0.15, -0.1) is 0 Å². The van der Waals surface area contributed by atoms with E-state index in [0.29, 0.717) is 6.54 Å². The van der Waals surface area contributed by atoms with Crippen LogP contribution in [-0.2, 0) is 9.53 Å². The zero-order valence-electron chi connectivity index (χ0n) is 16.8. The predicted octanol–water partition coefficient (Wildman–Crippen LogP) is 3.45. The molecule has 1 N–H and O–H groups in total. The Labute approximate surface area is 176 Å². The molecule has 0 bridgehead atoms. The van der Waals surface area contributed by atoms with Gasteiger partial charge in [-0.25, -0.2) is 9.97 Å². The van der Waals surface area contributed by atoms with Crippen molar-refractivity contribution in [3.8, 4) is 0 Å². The summed E-state index contributed by atoms with van der Waals surface area (Å²) in [6, 6.07) is 8.45. The van der Waals surface area contributed by atoms with E-state index in [0.717, 1.165) is 61.1 Å². The Bertz CT molecular complexity index is 816. The van der Waals surface area contributed by atoms with Gasteiger partial charge in [0.25, 0.3) is 0 Å². The molecule has 154 valence electrons. The van der Waals surface area contributed by atoms with Gasteiger partial charge in [0.15, 0.2) is 5.82 Å². The number of nitrogens with zero attached hydrogens (tertiary/aromatic N) is 3. The number of aryl methyl sites for hydroxylation is 1. The van der Waals surface area contributed by atoms with Crippen LogP contribution >= 0.6 is 11.8 Å². The van der Waals surface area contributed by atoms with Gasteiger partial charge in [0.2, 0.25) is 5.91 Å². The summed E-state index contributed by atoms with van der Waals surface area (Å²) in [6.07, 6.45) is 7.50. The summed E-state index contributed by atoms with van der Waals surface area (Å²) < 4.78 is 5.59. The van der Waals surface area contributed by atoms with Crippen LogP contribution in [0.3, 0.4) is 0 Å². The Kier molecular flexibility index (Phi) is 6.67. The number of ether oxygens (including phenoxy) is 1. The fraction of sp³-hybridized carbons (Fsp3) is 0.500. The van der Waals surface area contributed by atoms with Crippen LogP contribution in [0.25, 0.3) is 0 Å². The number of carbonyl (C=O) groups excluding carboxylic acids is 1. The molecule has 2 aliphatic rings. The van der Waals surface area contributed by atoms with E-state index in [1.54, 1.807) is 24.2 Å². The molecule has 1 unspecified atom stereocenters. The maximum Gasteiger partial charge on any atom is 0.223 e. The number of nitrogens with one attached hydrogen (secondary N) is 1. The lowest BCUT2D eigenvalue weighted by atomic mass is 9.96. The molecule has 3 heterocycles. The Hall–Kier alpha value is -2.12. The minimum atomic E-state index is 0.0672. The third kappa shape index (κ3) is 5.28. The maximum absolute atomic E-state index is 12.5. The number of hydrogen-bond acceptors (Lipinski definition) is 6. The minimum Gasteiger partial charge on any atom is -0.376 e. The van der Waals surface area contributed by atoms with E-state index in [1.807, 2.05) is 0 Å². The molecule has 29 heavy (non-hydrogen) atoms. The third-order valence-corrected chi connectivity index (χ3v) is 6.56. The zero-order chi connectivity index (χ0) is 20.1. The van der Waals surface area contributed by atoms with Gasteiger partial charge in [0, 0.05) is 49.4 Å². The molecule has 2 fully saturated rings. The molecular formula is C22H28N4O2S. The van der Waals surface area contributed by atoms with Crippen LogP contribution in [0.1, 0.15) is 31.2 Å². The van der Waals surface area contributed by atoms with Crippen LogP contribution < -0.4 is 10.2 Å². The molecule has 0 aliphatic carbocycles. The molecule has 1 atom stereocenters. The van der Waals surface area contributed by atoms with E-state index in [2.05, 4.69) is 51.4 Å². The van der Waals surface area contributed by atoms with E-state index < -0.39 is 0 Å². The molecule has 2 aromatic rings. The first kappa shape index (κ1) is 20.2. The summed E-state index contributed by atoms with van der Waals surface area (Å²) in [5.41, 5.74) is 1.24. The second kappa shape index (κ2) is 9.59. The highest BCUT2D eigenvalue weighted by atomic mass is 32.2. The van der Waals surface area contributed by atoms with Crippen molar-refractivity contribution in [3.05, 3.63) is 42.2 Å². The zero-order valence-corrected chi connectivity index (χ0v) is 17.7. The van der Waals surface area contributed by atoms with Gasteiger partial charge < -0.3 is 15.0 Å². The van der Waals surface area contributed by atoms with Crippen LogP contribution in [0, 0.1) is 12.8 Å². The molecule has 0 saturated carbocycles. The standard InChI is InChI=1S/C22H28N4O2S/c1-16-4-6-19(7-5-16)29-22-20(23-10-11-24-22)26-12-8-17(9-13-26)21(27)25-15-18-3-2-14-28-18/h4-7,10-11,17-18H,2-3,8-9,12-15H2,1H3,(H,25,27). The number of carbonyl (C=O) groups is 1. The van der Waals surface area contributed by atoms with Gasteiger partial charge in [-0.1, -0.05) is 29.5 Å². The first-order valence-corrected chi connectivity index (χ1v) is 11.2. The smallest absolute Gasteiger partial charge is 0.223 e. The number of aromatic nitrogens is 2. The molecule has 6 nitrogen and oxygen atoms in total. The van der Waals surface area contributed by atoms with Crippen molar-refractivity contribution < 1.29 is 9.53 Å². The first-order valence-electron chi connectivity index (χ1n) is 10.4. The number of piperidine rings is 1. The van der Waals surface area contributed by atoms with Crippen molar-refractivity contribution in [3.63, 3.8) is 0 Å². The topological polar surface area (TPSA) is 67.4 Å².